The zero-order valence-electron chi connectivity index (χ0n) is 13.8. The summed E-state index contributed by atoms with van der Waals surface area (Å²) in [6, 6.07) is 0.653. The van der Waals surface area contributed by atoms with Gasteiger partial charge in [0, 0.05) is 25.0 Å². The molecular weight excluding hydrogens is 248 g/mol. The van der Waals surface area contributed by atoms with Crippen LogP contribution in [0, 0.1) is 11.3 Å². The number of carbonyl (C=O) groups excluding carboxylic acids is 1. The molecule has 2 fully saturated rings. The lowest BCUT2D eigenvalue weighted by Crippen LogP contribution is -2.54. The lowest BCUT2D eigenvalue weighted by atomic mass is 9.73. The Morgan fingerprint density at radius 2 is 1.70 bits per heavy atom. The van der Waals surface area contributed by atoms with Crippen LogP contribution in [0.2, 0.25) is 0 Å². The summed E-state index contributed by atoms with van der Waals surface area (Å²) < 4.78 is 0. The van der Waals surface area contributed by atoms with Gasteiger partial charge in [0.2, 0.25) is 0 Å². The van der Waals surface area contributed by atoms with Gasteiger partial charge < -0.3 is 4.90 Å². The number of hydrogen-bond acceptors (Lipinski definition) is 3. The van der Waals surface area contributed by atoms with Crippen molar-refractivity contribution in [2.75, 3.05) is 32.7 Å². The Bertz CT molecular complexity index is 336. The second kappa shape index (κ2) is 6.57. The zero-order valence-corrected chi connectivity index (χ0v) is 13.8. The second-order valence-electron chi connectivity index (χ2n) is 7.60. The van der Waals surface area contributed by atoms with E-state index in [-0.39, 0.29) is 5.92 Å². The molecule has 2 saturated heterocycles. The SMILES string of the molecule is CC(C)C(=O)CN1CCC[C@@]2(CCCN(C(C)C)C2)C1. The fourth-order valence-corrected chi connectivity index (χ4v) is 3.87. The highest BCUT2D eigenvalue weighted by Crippen LogP contribution is 2.38. The first-order valence-electron chi connectivity index (χ1n) is 8.41. The first kappa shape index (κ1) is 16.0. The number of piperidine rings is 2. The molecule has 0 unspecified atom stereocenters. The maximum absolute atomic E-state index is 12.0. The highest BCUT2D eigenvalue weighted by molar-refractivity contribution is 5.82. The van der Waals surface area contributed by atoms with Gasteiger partial charge in [0.25, 0.3) is 0 Å². The number of carbonyl (C=O) groups is 1. The third-order valence-corrected chi connectivity index (χ3v) is 5.19. The van der Waals surface area contributed by atoms with Crippen molar-refractivity contribution in [2.45, 2.75) is 59.4 Å². The minimum atomic E-state index is 0.173. The van der Waals surface area contributed by atoms with Crippen LogP contribution in [0.4, 0.5) is 0 Å². The van der Waals surface area contributed by atoms with Crippen LogP contribution in [0.25, 0.3) is 0 Å². The largest absolute Gasteiger partial charge is 0.300 e. The number of likely N-dealkylation sites (tertiary alicyclic amines) is 2. The normalized spacial score (nSPS) is 29.5. The van der Waals surface area contributed by atoms with Crippen molar-refractivity contribution >= 4 is 5.78 Å². The minimum Gasteiger partial charge on any atom is -0.300 e. The summed E-state index contributed by atoms with van der Waals surface area (Å²) in [5, 5.41) is 0. The minimum absolute atomic E-state index is 0.173. The van der Waals surface area contributed by atoms with E-state index in [1.165, 1.54) is 38.8 Å². The third kappa shape index (κ3) is 3.82. The molecule has 2 aliphatic heterocycles. The molecule has 0 saturated carbocycles. The van der Waals surface area contributed by atoms with Crippen LogP contribution < -0.4 is 0 Å². The highest BCUT2D eigenvalue weighted by Gasteiger charge is 2.39. The lowest BCUT2D eigenvalue weighted by molar-refractivity contribution is -0.124. The predicted octanol–water partition coefficient (Wildman–Crippen LogP) is 2.80. The molecule has 1 atom stereocenters. The average molecular weight is 280 g/mol. The summed E-state index contributed by atoms with van der Waals surface area (Å²) in [4.78, 5) is 17.1. The van der Waals surface area contributed by atoms with Crippen LogP contribution >= 0.6 is 0 Å². The fraction of sp³-hybridized carbons (Fsp3) is 0.941. The van der Waals surface area contributed by atoms with Crippen molar-refractivity contribution in [3.8, 4) is 0 Å². The molecule has 0 amide bonds. The number of Topliss-reactive ketones (excluding diaryl/α,β-unsaturated/α-hetero) is 1. The van der Waals surface area contributed by atoms with Gasteiger partial charge in [-0.25, -0.2) is 0 Å². The van der Waals surface area contributed by atoms with Crippen LogP contribution in [0.1, 0.15) is 53.4 Å². The van der Waals surface area contributed by atoms with Crippen molar-refractivity contribution in [3.63, 3.8) is 0 Å². The lowest BCUT2D eigenvalue weighted by Gasteiger charge is -2.49. The van der Waals surface area contributed by atoms with Crippen LogP contribution in [0.15, 0.2) is 0 Å². The molecule has 116 valence electrons. The van der Waals surface area contributed by atoms with E-state index in [4.69, 9.17) is 0 Å². The molecule has 0 bridgehead atoms. The van der Waals surface area contributed by atoms with Gasteiger partial charge in [0.15, 0.2) is 0 Å². The Hall–Kier alpha value is -0.410. The molecular formula is C17H32N2O. The standard InChI is InChI=1S/C17H32N2O/c1-14(2)16(20)11-18-9-5-7-17(12-18)8-6-10-19(13-17)15(3)4/h14-15H,5-13H2,1-4H3/t17-/m1/s1. The quantitative estimate of drug-likeness (QED) is 0.791. The molecule has 3 heteroatoms. The molecule has 2 aliphatic rings. The number of nitrogens with zero attached hydrogens (tertiary/aromatic N) is 2. The van der Waals surface area contributed by atoms with E-state index in [0.717, 1.165) is 13.1 Å². The Morgan fingerprint density at radius 1 is 1.05 bits per heavy atom. The van der Waals surface area contributed by atoms with Gasteiger partial charge in [-0.1, -0.05) is 13.8 Å². The second-order valence-corrected chi connectivity index (χ2v) is 7.60. The third-order valence-electron chi connectivity index (χ3n) is 5.19. The van der Waals surface area contributed by atoms with Crippen molar-refractivity contribution in [2.24, 2.45) is 11.3 Å². The van der Waals surface area contributed by atoms with E-state index in [2.05, 4.69) is 23.6 Å². The van der Waals surface area contributed by atoms with E-state index in [1.807, 2.05) is 13.8 Å². The summed E-state index contributed by atoms with van der Waals surface area (Å²) >= 11 is 0. The van der Waals surface area contributed by atoms with Gasteiger partial charge in [-0.05, 0) is 58.0 Å². The Morgan fingerprint density at radius 3 is 2.30 bits per heavy atom. The van der Waals surface area contributed by atoms with Crippen LogP contribution in [-0.4, -0.2) is 54.3 Å². The molecule has 3 nitrogen and oxygen atoms in total. The van der Waals surface area contributed by atoms with Gasteiger partial charge in [0.1, 0.15) is 5.78 Å². The molecule has 0 aromatic heterocycles. The first-order chi connectivity index (χ1) is 9.42. The van der Waals surface area contributed by atoms with E-state index in [0.29, 0.717) is 23.8 Å². The summed E-state index contributed by atoms with van der Waals surface area (Å²) in [6.45, 7) is 14.1. The molecule has 0 aliphatic carbocycles. The van der Waals surface area contributed by atoms with Gasteiger partial charge in [-0.3, -0.25) is 9.69 Å². The molecule has 1 spiro atoms. The summed E-state index contributed by atoms with van der Waals surface area (Å²) in [5.41, 5.74) is 0.456. The maximum atomic E-state index is 12.0. The molecule has 0 aromatic carbocycles. The topological polar surface area (TPSA) is 23.6 Å². The van der Waals surface area contributed by atoms with Crippen molar-refractivity contribution in [1.82, 2.24) is 9.80 Å². The number of hydrogen-bond donors (Lipinski definition) is 0. The van der Waals surface area contributed by atoms with Crippen LogP contribution in [0.3, 0.4) is 0 Å². The van der Waals surface area contributed by atoms with E-state index in [9.17, 15) is 4.79 Å². The fourth-order valence-electron chi connectivity index (χ4n) is 3.87. The molecule has 0 N–H and O–H groups in total. The van der Waals surface area contributed by atoms with Gasteiger partial charge in [-0.15, -0.1) is 0 Å². The van der Waals surface area contributed by atoms with E-state index >= 15 is 0 Å². The molecule has 0 aromatic rings. The Labute approximate surface area is 124 Å². The Kier molecular flexibility index (Phi) is 5.25. The summed E-state index contributed by atoms with van der Waals surface area (Å²) in [7, 11) is 0. The smallest absolute Gasteiger partial charge is 0.149 e. The highest BCUT2D eigenvalue weighted by atomic mass is 16.1. The van der Waals surface area contributed by atoms with Crippen molar-refractivity contribution < 1.29 is 4.79 Å². The van der Waals surface area contributed by atoms with Gasteiger partial charge in [-0.2, -0.15) is 0 Å². The molecule has 2 heterocycles. The Balaban J connectivity index is 1.96. The summed E-state index contributed by atoms with van der Waals surface area (Å²) in [5.74, 6) is 0.574. The summed E-state index contributed by atoms with van der Waals surface area (Å²) in [6.07, 6.45) is 5.28. The first-order valence-corrected chi connectivity index (χ1v) is 8.41. The van der Waals surface area contributed by atoms with Gasteiger partial charge in [0.05, 0.1) is 6.54 Å². The van der Waals surface area contributed by atoms with E-state index < -0.39 is 0 Å². The number of ketones is 1. The molecule has 2 rings (SSSR count). The molecule has 20 heavy (non-hydrogen) atoms. The number of rotatable bonds is 4. The van der Waals surface area contributed by atoms with Gasteiger partial charge >= 0.3 is 0 Å². The average Bonchev–Trinajstić information content (AvgIpc) is 2.38. The molecule has 0 radical (unpaired) electrons. The zero-order chi connectivity index (χ0) is 14.8. The maximum Gasteiger partial charge on any atom is 0.149 e. The van der Waals surface area contributed by atoms with Crippen LogP contribution in [-0.2, 0) is 4.79 Å². The van der Waals surface area contributed by atoms with Crippen molar-refractivity contribution in [3.05, 3.63) is 0 Å². The van der Waals surface area contributed by atoms with Crippen LogP contribution in [0.5, 0.6) is 0 Å². The monoisotopic (exact) mass is 280 g/mol. The predicted molar refractivity (Wildman–Crippen MR) is 83.9 cm³/mol. The van der Waals surface area contributed by atoms with E-state index in [1.54, 1.807) is 0 Å². The van der Waals surface area contributed by atoms with Crippen molar-refractivity contribution in [1.29, 1.82) is 0 Å².